The lowest BCUT2D eigenvalue weighted by Gasteiger charge is -2.38. The fourth-order valence-corrected chi connectivity index (χ4v) is 4.02. The highest BCUT2D eigenvalue weighted by Crippen LogP contribution is 2.34. The van der Waals surface area contributed by atoms with Crippen LogP contribution in [-0.4, -0.2) is 67.6 Å². The Morgan fingerprint density at radius 1 is 1.03 bits per heavy atom. The van der Waals surface area contributed by atoms with Crippen LogP contribution in [0.25, 0.3) is 10.8 Å². The van der Waals surface area contributed by atoms with Crippen molar-refractivity contribution in [2.45, 2.75) is 30.5 Å². The lowest BCUT2D eigenvalue weighted by Crippen LogP contribution is -2.55. The van der Waals surface area contributed by atoms with Crippen molar-refractivity contribution in [2.75, 3.05) is 11.9 Å². The van der Waals surface area contributed by atoms with Gasteiger partial charge in [0.1, 0.15) is 30.5 Å². The van der Waals surface area contributed by atoms with Gasteiger partial charge in [-0.1, -0.05) is 41.7 Å². The van der Waals surface area contributed by atoms with Gasteiger partial charge in [0.2, 0.25) is 5.13 Å². The maximum Gasteiger partial charge on any atom is 0.257 e. The van der Waals surface area contributed by atoms with E-state index < -0.39 is 37.1 Å². The maximum atomic E-state index is 12.5. The van der Waals surface area contributed by atoms with E-state index in [0.717, 1.165) is 22.1 Å². The number of aliphatic hydroxyl groups excluding tert-OH is 4. The van der Waals surface area contributed by atoms with Gasteiger partial charge in [-0.2, -0.15) is 0 Å². The zero-order chi connectivity index (χ0) is 20.5. The molecule has 1 aromatic heterocycles. The van der Waals surface area contributed by atoms with Crippen LogP contribution < -0.4 is 5.32 Å². The standard InChI is InChI=1S/C19H19N3O6S/c23-8-12-13(24)14(25)15(26)16(28-12)18-21-22-19(29-18)20-17(27)11-6-5-9-3-1-2-4-10(9)7-11/h1-7,12-16,23-26H,8H2,(H,20,22,27)/t12-,13-,14+,15-,16-/m1/s1. The van der Waals surface area contributed by atoms with Gasteiger partial charge in [-0.3, -0.25) is 10.1 Å². The van der Waals surface area contributed by atoms with Crippen molar-refractivity contribution in [1.29, 1.82) is 0 Å². The number of ether oxygens (including phenoxy) is 1. The van der Waals surface area contributed by atoms with Crippen LogP contribution in [0.1, 0.15) is 21.5 Å². The van der Waals surface area contributed by atoms with E-state index in [-0.39, 0.29) is 16.0 Å². The Hall–Kier alpha value is -2.47. The van der Waals surface area contributed by atoms with Crippen LogP contribution >= 0.6 is 11.3 Å². The van der Waals surface area contributed by atoms with Crippen LogP contribution in [0.2, 0.25) is 0 Å². The number of nitrogens with one attached hydrogen (secondary N) is 1. The number of rotatable bonds is 4. The topological polar surface area (TPSA) is 145 Å². The second-order valence-electron chi connectivity index (χ2n) is 6.71. The summed E-state index contributed by atoms with van der Waals surface area (Å²) in [5.74, 6) is -0.368. The van der Waals surface area contributed by atoms with E-state index in [2.05, 4.69) is 15.5 Å². The van der Waals surface area contributed by atoms with Gasteiger partial charge < -0.3 is 25.2 Å². The Balaban J connectivity index is 1.50. The summed E-state index contributed by atoms with van der Waals surface area (Å²) in [6.07, 6.45) is -6.55. The molecule has 0 radical (unpaired) electrons. The monoisotopic (exact) mass is 417 g/mol. The molecular formula is C19H19N3O6S. The number of anilines is 1. The number of benzene rings is 2. The molecule has 152 valence electrons. The smallest absolute Gasteiger partial charge is 0.257 e. The lowest BCUT2D eigenvalue weighted by molar-refractivity contribution is -0.231. The molecule has 1 saturated heterocycles. The second kappa shape index (κ2) is 8.11. The van der Waals surface area contributed by atoms with Crippen molar-refractivity contribution in [3.63, 3.8) is 0 Å². The SMILES string of the molecule is O=C(Nc1nnc([C@@H]2O[C@H](CO)[C@@H](O)[C@H](O)[C@H]2O)s1)c1ccc2ccccc2c1. The Morgan fingerprint density at radius 3 is 2.55 bits per heavy atom. The number of aliphatic hydroxyl groups is 4. The highest BCUT2D eigenvalue weighted by atomic mass is 32.1. The molecule has 2 aromatic carbocycles. The van der Waals surface area contributed by atoms with Crippen LogP contribution in [0, 0.1) is 0 Å². The third-order valence-corrected chi connectivity index (χ3v) is 5.71. The predicted octanol–water partition coefficient (Wildman–Crippen LogP) is 0.459. The van der Waals surface area contributed by atoms with Crippen LogP contribution in [0.3, 0.4) is 0 Å². The van der Waals surface area contributed by atoms with Crippen molar-refractivity contribution in [1.82, 2.24) is 10.2 Å². The Morgan fingerprint density at radius 2 is 1.79 bits per heavy atom. The van der Waals surface area contributed by atoms with E-state index >= 15 is 0 Å². The summed E-state index contributed by atoms with van der Waals surface area (Å²) in [5.41, 5.74) is 0.452. The average Bonchev–Trinajstić information content (AvgIpc) is 3.20. The Labute approximate surface area is 169 Å². The quantitative estimate of drug-likeness (QED) is 0.412. The third-order valence-electron chi connectivity index (χ3n) is 4.81. The summed E-state index contributed by atoms with van der Waals surface area (Å²) in [5, 5.41) is 52.0. The van der Waals surface area contributed by atoms with Crippen molar-refractivity contribution >= 4 is 33.1 Å². The number of aromatic nitrogens is 2. The first-order valence-corrected chi connectivity index (χ1v) is 9.73. The lowest BCUT2D eigenvalue weighted by atomic mass is 9.95. The summed E-state index contributed by atoms with van der Waals surface area (Å²) in [6.45, 7) is -0.536. The summed E-state index contributed by atoms with van der Waals surface area (Å²) in [7, 11) is 0. The molecule has 5 atom stereocenters. The van der Waals surface area contributed by atoms with E-state index in [0.29, 0.717) is 5.56 Å². The third kappa shape index (κ3) is 3.86. The fourth-order valence-electron chi connectivity index (χ4n) is 3.21. The van der Waals surface area contributed by atoms with Gasteiger partial charge in [0.25, 0.3) is 5.91 Å². The van der Waals surface area contributed by atoms with Crippen LogP contribution in [-0.2, 0) is 4.74 Å². The van der Waals surface area contributed by atoms with Gasteiger partial charge in [-0.05, 0) is 22.9 Å². The summed E-state index contributed by atoms with van der Waals surface area (Å²) in [4.78, 5) is 12.5. The molecule has 0 unspecified atom stereocenters. The number of carbonyl (C=O) groups excluding carboxylic acids is 1. The first kappa shape index (κ1) is 19.8. The van der Waals surface area contributed by atoms with E-state index in [1.807, 2.05) is 30.3 Å². The largest absolute Gasteiger partial charge is 0.394 e. The summed E-state index contributed by atoms with van der Waals surface area (Å²) >= 11 is 0.972. The van der Waals surface area contributed by atoms with E-state index in [4.69, 9.17) is 4.74 Å². The van der Waals surface area contributed by atoms with Crippen molar-refractivity contribution in [2.24, 2.45) is 0 Å². The normalized spacial score (nSPS) is 27.1. The molecule has 5 N–H and O–H groups in total. The van der Waals surface area contributed by atoms with Gasteiger partial charge in [0.05, 0.1) is 6.61 Å². The van der Waals surface area contributed by atoms with Gasteiger partial charge in [0.15, 0.2) is 5.01 Å². The number of amides is 1. The highest BCUT2D eigenvalue weighted by Gasteiger charge is 2.45. The zero-order valence-corrected chi connectivity index (χ0v) is 15.9. The molecule has 4 rings (SSSR count). The highest BCUT2D eigenvalue weighted by molar-refractivity contribution is 7.15. The summed E-state index contributed by atoms with van der Waals surface area (Å²) < 4.78 is 5.45. The first-order chi connectivity index (χ1) is 14.0. The molecule has 0 spiro atoms. The van der Waals surface area contributed by atoms with Crippen LogP contribution in [0.15, 0.2) is 42.5 Å². The fraction of sp³-hybridized carbons (Fsp3) is 0.316. The molecule has 1 fully saturated rings. The van der Waals surface area contributed by atoms with Crippen LogP contribution in [0.4, 0.5) is 5.13 Å². The number of carbonyl (C=O) groups is 1. The van der Waals surface area contributed by atoms with Crippen molar-refractivity contribution < 1.29 is 30.0 Å². The number of nitrogens with zero attached hydrogens (tertiary/aromatic N) is 2. The minimum absolute atomic E-state index is 0.190. The molecule has 9 nitrogen and oxygen atoms in total. The molecule has 1 aliphatic heterocycles. The molecule has 2 heterocycles. The molecule has 1 amide bonds. The van der Waals surface area contributed by atoms with E-state index in [1.165, 1.54) is 0 Å². The molecule has 0 aliphatic carbocycles. The van der Waals surface area contributed by atoms with Crippen molar-refractivity contribution in [3.8, 4) is 0 Å². The molecule has 0 bridgehead atoms. The minimum Gasteiger partial charge on any atom is -0.394 e. The average molecular weight is 417 g/mol. The van der Waals surface area contributed by atoms with Gasteiger partial charge in [-0.25, -0.2) is 0 Å². The number of hydrogen-bond donors (Lipinski definition) is 5. The van der Waals surface area contributed by atoms with E-state index in [9.17, 15) is 25.2 Å². The number of fused-ring (bicyclic) bond motifs is 1. The second-order valence-corrected chi connectivity index (χ2v) is 7.72. The van der Waals surface area contributed by atoms with Gasteiger partial charge in [-0.15, -0.1) is 10.2 Å². The molecule has 0 saturated carbocycles. The Kier molecular flexibility index (Phi) is 5.54. The zero-order valence-electron chi connectivity index (χ0n) is 15.0. The minimum atomic E-state index is -1.51. The Bertz CT molecular complexity index is 1030. The van der Waals surface area contributed by atoms with E-state index in [1.54, 1.807) is 12.1 Å². The van der Waals surface area contributed by atoms with Gasteiger partial charge >= 0.3 is 0 Å². The summed E-state index contributed by atoms with van der Waals surface area (Å²) in [6, 6.07) is 13.0. The van der Waals surface area contributed by atoms with Crippen LogP contribution in [0.5, 0.6) is 0 Å². The molecule has 10 heteroatoms. The molecular weight excluding hydrogens is 398 g/mol. The van der Waals surface area contributed by atoms with Gasteiger partial charge in [0, 0.05) is 5.56 Å². The first-order valence-electron chi connectivity index (χ1n) is 8.92. The van der Waals surface area contributed by atoms with Crippen molar-refractivity contribution in [3.05, 3.63) is 53.0 Å². The predicted molar refractivity (Wildman–Crippen MR) is 105 cm³/mol. The molecule has 3 aromatic rings. The molecule has 29 heavy (non-hydrogen) atoms. The molecule has 1 aliphatic rings. The maximum absolute atomic E-state index is 12.5. The number of hydrogen-bond acceptors (Lipinski definition) is 9.